The first-order chi connectivity index (χ1) is 6.36. The zero-order chi connectivity index (χ0) is 11.7. The van der Waals surface area contributed by atoms with Gasteiger partial charge in [-0.15, -0.1) is 0 Å². The van der Waals surface area contributed by atoms with Gasteiger partial charge < -0.3 is 86.5 Å². The predicted octanol–water partition coefficient (Wildman–Crippen LogP) is 1.53. The Morgan fingerprint density at radius 1 is 0.882 bits per heavy atom. The molecule has 0 aliphatic heterocycles. The SMILES string of the molecule is CCN(C)C(=S)[S-].CCN(C)C(=S)[S-].[Mo].[S-2].[S-2]. The zero-order valence-corrected chi connectivity index (χ0v) is 17.1. The monoisotopic (exact) mass is 430 g/mol. The van der Waals surface area contributed by atoms with Gasteiger partial charge >= 0.3 is 0 Å². The van der Waals surface area contributed by atoms with E-state index in [2.05, 4.69) is 49.7 Å². The van der Waals surface area contributed by atoms with Crippen LogP contribution in [0.3, 0.4) is 0 Å². The van der Waals surface area contributed by atoms with Crippen molar-refractivity contribution in [2.45, 2.75) is 13.8 Å². The molecule has 0 saturated carbocycles. The van der Waals surface area contributed by atoms with Crippen molar-refractivity contribution >= 4 is 85.3 Å². The first-order valence-corrected chi connectivity index (χ1v) is 5.84. The summed E-state index contributed by atoms with van der Waals surface area (Å²) < 4.78 is 1.09. The second-order valence-corrected chi connectivity index (χ2v) is 4.62. The van der Waals surface area contributed by atoms with E-state index in [4.69, 9.17) is 0 Å². The maximum atomic E-state index is 4.66. The smallest absolute Gasteiger partial charge is 0.0130 e. The van der Waals surface area contributed by atoms with Crippen LogP contribution in [0, 0.1) is 0 Å². The summed E-state index contributed by atoms with van der Waals surface area (Å²) in [6, 6.07) is 0. The number of nitrogens with zero attached hydrogens (tertiary/aromatic N) is 2. The third kappa shape index (κ3) is 23.2. The van der Waals surface area contributed by atoms with Crippen LogP contribution in [0.15, 0.2) is 0 Å². The second kappa shape index (κ2) is 19.9. The maximum Gasteiger partial charge on any atom is 0.0130 e. The summed E-state index contributed by atoms with van der Waals surface area (Å²) in [6.07, 6.45) is 0. The molecule has 106 valence electrons. The van der Waals surface area contributed by atoms with Crippen molar-refractivity contribution in [3.05, 3.63) is 0 Å². The Bertz CT molecular complexity index is 173. The molecule has 9 heteroatoms. The Labute approximate surface area is 156 Å². The fraction of sp³-hybridized carbons (Fsp3) is 0.750. The van der Waals surface area contributed by atoms with E-state index in [0.29, 0.717) is 8.64 Å². The summed E-state index contributed by atoms with van der Waals surface area (Å²) in [6.45, 7) is 5.84. The average molecular weight is 429 g/mol. The molecular weight excluding hydrogens is 412 g/mol. The Morgan fingerprint density at radius 3 is 1.06 bits per heavy atom. The van der Waals surface area contributed by atoms with Crippen LogP contribution < -0.4 is 0 Å². The van der Waals surface area contributed by atoms with Gasteiger partial charge in [0.05, 0.1) is 0 Å². The Morgan fingerprint density at radius 2 is 1.06 bits per heavy atom. The molecule has 0 aromatic rings. The average Bonchev–Trinajstić information content (AvgIpc) is 2.15. The van der Waals surface area contributed by atoms with Crippen LogP contribution >= 0.6 is 24.4 Å². The molecule has 17 heavy (non-hydrogen) atoms. The summed E-state index contributed by atoms with van der Waals surface area (Å²) in [5, 5.41) is 0. The molecule has 0 aliphatic rings. The fourth-order valence-corrected chi connectivity index (χ4v) is 0.775. The molecule has 0 fully saturated rings. The molecule has 0 amide bonds. The molecule has 0 bridgehead atoms. The van der Waals surface area contributed by atoms with Gasteiger partial charge in [0.1, 0.15) is 0 Å². The van der Waals surface area contributed by atoms with Gasteiger partial charge in [-0.1, -0.05) is 8.64 Å². The summed E-state index contributed by atoms with van der Waals surface area (Å²) in [7, 11) is 3.77. The minimum Gasteiger partial charge on any atom is -2.00 e. The van der Waals surface area contributed by atoms with Gasteiger partial charge in [0.25, 0.3) is 0 Å². The minimum absolute atomic E-state index is 0. The summed E-state index contributed by atoms with van der Waals surface area (Å²) in [5.41, 5.74) is 0. The van der Waals surface area contributed by atoms with Crippen LogP contribution in [0.25, 0.3) is 0 Å². The van der Waals surface area contributed by atoms with Crippen LogP contribution in [0.2, 0.25) is 0 Å². The summed E-state index contributed by atoms with van der Waals surface area (Å²) in [4.78, 5) is 3.68. The van der Waals surface area contributed by atoms with Crippen LogP contribution in [0.1, 0.15) is 13.8 Å². The third-order valence-corrected chi connectivity index (χ3v) is 2.82. The Balaban J connectivity index is -0.0000000480. The number of hydrogen-bond donors (Lipinski definition) is 0. The van der Waals surface area contributed by atoms with Gasteiger partial charge in [0.15, 0.2) is 0 Å². The van der Waals surface area contributed by atoms with Crippen LogP contribution in [-0.2, 0) is 73.3 Å². The maximum absolute atomic E-state index is 4.66. The summed E-state index contributed by atoms with van der Waals surface area (Å²) >= 11 is 18.6. The van der Waals surface area contributed by atoms with Gasteiger partial charge in [0.2, 0.25) is 0 Å². The van der Waals surface area contributed by atoms with Crippen LogP contribution in [-0.4, -0.2) is 45.6 Å². The predicted molar refractivity (Wildman–Crippen MR) is 91.3 cm³/mol. The van der Waals surface area contributed by atoms with E-state index in [-0.39, 0.29) is 48.1 Å². The third-order valence-electron chi connectivity index (χ3n) is 1.57. The molecule has 0 unspecified atom stereocenters. The molecule has 0 atom stereocenters. The largest absolute Gasteiger partial charge is 2.00 e. The molecule has 0 radical (unpaired) electrons. The topological polar surface area (TPSA) is 6.48 Å². The molecule has 0 spiro atoms. The van der Waals surface area contributed by atoms with E-state index in [1.165, 1.54) is 0 Å². The Kier molecular flexibility index (Phi) is 36.5. The van der Waals surface area contributed by atoms with Gasteiger partial charge in [-0.2, -0.15) is 0 Å². The molecule has 0 aromatic heterocycles. The first-order valence-electron chi connectivity index (χ1n) is 4.20. The Hall–Kier alpha value is 1.61. The van der Waals surface area contributed by atoms with Gasteiger partial charge in [-0.25, -0.2) is 0 Å². The van der Waals surface area contributed by atoms with Gasteiger partial charge in [-0.05, 0) is 13.8 Å². The number of rotatable bonds is 2. The van der Waals surface area contributed by atoms with Crippen molar-refractivity contribution in [1.82, 2.24) is 9.80 Å². The number of thiocarbonyl (C=S) groups is 2. The van der Waals surface area contributed by atoms with E-state index in [0.717, 1.165) is 13.1 Å². The van der Waals surface area contributed by atoms with E-state index >= 15 is 0 Å². The van der Waals surface area contributed by atoms with Crippen molar-refractivity contribution in [2.24, 2.45) is 0 Å². The van der Waals surface area contributed by atoms with Crippen LogP contribution in [0.5, 0.6) is 0 Å². The van der Waals surface area contributed by atoms with E-state index in [9.17, 15) is 0 Å². The van der Waals surface area contributed by atoms with E-state index in [1.54, 1.807) is 0 Å². The van der Waals surface area contributed by atoms with E-state index in [1.807, 2.05) is 37.7 Å². The molecule has 0 rings (SSSR count). The molecule has 2 nitrogen and oxygen atoms in total. The second-order valence-electron chi connectivity index (χ2n) is 2.56. The molecule has 0 aromatic carbocycles. The van der Waals surface area contributed by atoms with Crippen molar-refractivity contribution in [2.75, 3.05) is 27.2 Å². The molecule has 0 saturated heterocycles. The normalized spacial score (nSPS) is 6.82. The van der Waals surface area contributed by atoms with E-state index < -0.39 is 0 Å². The molecular formula is C8H16MoN2S6-6. The van der Waals surface area contributed by atoms with Gasteiger partial charge in [-0.3, -0.25) is 0 Å². The summed E-state index contributed by atoms with van der Waals surface area (Å²) in [5.74, 6) is 0. The van der Waals surface area contributed by atoms with Crippen LogP contribution in [0.4, 0.5) is 0 Å². The van der Waals surface area contributed by atoms with Crippen molar-refractivity contribution in [3.8, 4) is 0 Å². The van der Waals surface area contributed by atoms with Gasteiger partial charge in [0, 0.05) is 48.3 Å². The molecule has 0 heterocycles. The fourth-order valence-electron chi connectivity index (χ4n) is 0.258. The quantitative estimate of drug-likeness (QED) is 0.371. The minimum atomic E-state index is 0. The first kappa shape index (κ1) is 31.2. The number of hydrogen-bond acceptors (Lipinski definition) is 4. The zero-order valence-electron chi connectivity index (χ0n) is 10.2. The standard InChI is InChI=1S/2C4H9NS2.Mo.2S/c2*1-3-5(2)4(6)7;;;/h2*3H2,1-2H3,(H,6,7);;;/q;;;2*-2/p-2. The van der Waals surface area contributed by atoms with Crippen molar-refractivity contribution in [3.63, 3.8) is 0 Å². The molecule has 0 aliphatic carbocycles. The van der Waals surface area contributed by atoms with Crippen molar-refractivity contribution in [1.29, 1.82) is 0 Å². The van der Waals surface area contributed by atoms with Crippen molar-refractivity contribution < 1.29 is 21.1 Å². The molecule has 0 N–H and O–H groups in total.